The molecule has 2 aliphatic rings. The normalized spacial score (nSPS) is 23.2. The van der Waals surface area contributed by atoms with Crippen LogP contribution in [-0.4, -0.2) is 47.5 Å². The van der Waals surface area contributed by atoms with E-state index >= 15 is 0 Å². The highest BCUT2D eigenvalue weighted by Crippen LogP contribution is 2.18. The number of aryl methyl sites for hydroxylation is 1. The second-order valence-electron chi connectivity index (χ2n) is 7.53. The lowest BCUT2D eigenvalue weighted by molar-refractivity contribution is 0.143. The van der Waals surface area contributed by atoms with E-state index in [9.17, 15) is 4.79 Å². The Bertz CT molecular complexity index is 552. The zero-order valence-electron chi connectivity index (χ0n) is 15.1. The van der Waals surface area contributed by atoms with Gasteiger partial charge in [0.2, 0.25) is 0 Å². The number of hydrogen-bond acceptors (Lipinski definition) is 2. The number of urea groups is 1. The number of likely N-dealkylation sites (tertiary alicyclic amines) is 2. The first kappa shape index (κ1) is 17.3. The molecular weight excluding hydrogens is 298 g/mol. The van der Waals surface area contributed by atoms with Crippen molar-refractivity contribution >= 4 is 6.03 Å². The molecule has 2 amide bonds. The van der Waals surface area contributed by atoms with Crippen LogP contribution >= 0.6 is 0 Å². The summed E-state index contributed by atoms with van der Waals surface area (Å²) in [4.78, 5) is 17.0. The molecule has 1 aromatic carbocycles. The molecule has 3 rings (SSSR count). The maximum atomic E-state index is 12.5. The molecule has 0 saturated carbocycles. The van der Waals surface area contributed by atoms with Crippen molar-refractivity contribution in [2.45, 2.75) is 64.6 Å². The van der Waals surface area contributed by atoms with Gasteiger partial charge in [-0.05, 0) is 51.5 Å². The molecule has 2 fully saturated rings. The minimum atomic E-state index is 0.152. The first-order valence-electron chi connectivity index (χ1n) is 9.47. The van der Waals surface area contributed by atoms with Crippen LogP contribution in [0.2, 0.25) is 0 Å². The SMILES string of the molecule is Cc1cccc(CN2CCC(NC(=O)N3CCCCC3C)CC2)c1. The Balaban J connectivity index is 1.44. The van der Waals surface area contributed by atoms with Crippen LogP contribution in [0.4, 0.5) is 4.79 Å². The van der Waals surface area contributed by atoms with Gasteiger partial charge in [0.1, 0.15) is 0 Å². The highest BCUT2D eigenvalue weighted by atomic mass is 16.2. The highest BCUT2D eigenvalue weighted by Gasteiger charge is 2.26. The predicted molar refractivity (Wildman–Crippen MR) is 98.0 cm³/mol. The summed E-state index contributed by atoms with van der Waals surface area (Å²) in [7, 11) is 0. The topological polar surface area (TPSA) is 35.6 Å². The molecule has 4 heteroatoms. The summed E-state index contributed by atoms with van der Waals surface area (Å²) in [6, 6.07) is 9.63. The third-order valence-electron chi connectivity index (χ3n) is 5.47. The summed E-state index contributed by atoms with van der Waals surface area (Å²) in [5, 5.41) is 3.27. The molecule has 0 aromatic heterocycles. The van der Waals surface area contributed by atoms with Gasteiger partial charge in [-0.2, -0.15) is 0 Å². The van der Waals surface area contributed by atoms with E-state index in [2.05, 4.69) is 48.3 Å². The van der Waals surface area contributed by atoms with Crippen molar-refractivity contribution < 1.29 is 4.79 Å². The molecule has 0 aliphatic carbocycles. The molecule has 24 heavy (non-hydrogen) atoms. The summed E-state index contributed by atoms with van der Waals surface area (Å²) >= 11 is 0. The van der Waals surface area contributed by atoms with Crippen LogP contribution in [0.3, 0.4) is 0 Å². The van der Waals surface area contributed by atoms with Crippen molar-refractivity contribution in [1.82, 2.24) is 15.1 Å². The van der Waals surface area contributed by atoms with E-state index in [-0.39, 0.29) is 6.03 Å². The third kappa shape index (κ3) is 4.50. The van der Waals surface area contributed by atoms with E-state index in [1.54, 1.807) is 0 Å². The van der Waals surface area contributed by atoms with Crippen LogP contribution in [0.5, 0.6) is 0 Å². The molecule has 2 aliphatic heterocycles. The third-order valence-corrected chi connectivity index (χ3v) is 5.47. The zero-order chi connectivity index (χ0) is 16.9. The number of rotatable bonds is 3. The number of nitrogens with one attached hydrogen (secondary N) is 1. The maximum absolute atomic E-state index is 12.5. The Morgan fingerprint density at radius 2 is 1.96 bits per heavy atom. The Labute approximate surface area is 146 Å². The molecule has 132 valence electrons. The van der Waals surface area contributed by atoms with Crippen molar-refractivity contribution in [2.75, 3.05) is 19.6 Å². The first-order chi connectivity index (χ1) is 11.6. The number of nitrogens with zero attached hydrogens (tertiary/aromatic N) is 2. The number of carbonyl (C=O) groups excluding carboxylic acids is 1. The minimum Gasteiger partial charge on any atom is -0.335 e. The van der Waals surface area contributed by atoms with Gasteiger partial charge in [0.15, 0.2) is 0 Å². The van der Waals surface area contributed by atoms with Gasteiger partial charge < -0.3 is 10.2 Å². The lowest BCUT2D eigenvalue weighted by Crippen LogP contribution is -2.52. The fourth-order valence-corrected chi connectivity index (χ4v) is 3.96. The van der Waals surface area contributed by atoms with E-state index in [0.29, 0.717) is 12.1 Å². The van der Waals surface area contributed by atoms with E-state index in [1.165, 1.54) is 17.5 Å². The molecule has 2 heterocycles. The van der Waals surface area contributed by atoms with Gasteiger partial charge in [0.05, 0.1) is 0 Å². The fourth-order valence-electron chi connectivity index (χ4n) is 3.96. The minimum absolute atomic E-state index is 0.152. The monoisotopic (exact) mass is 329 g/mol. The number of amides is 2. The van der Waals surface area contributed by atoms with E-state index < -0.39 is 0 Å². The lowest BCUT2D eigenvalue weighted by atomic mass is 10.0. The van der Waals surface area contributed by atoms with Crippen LogP contribution < -0.4 is 5.32 Å². The number of benzene rings is 1. The van der Waals surface area contributed by atoms with E-state index in [1.807, 2.05) is 4.90 Å². The van der Waals surface area contributed by atoms with Gasteiger partial charge in [-0.1, -0.05) is 29.8 Å². The van der Waals surface area contributed by atoms with Crippen molar-refractivity contribution in [3.05, 3.63) is 35.4 Å². The Hall–Kier alpha value is -1.55. The lowest BCUT2D eigenvalue weighted by Gasteiger charge is -2.37. The largest absolute Gasteiger partial charge is 0.335 e. The van der Waals surface area contributed by atoms with E-state index in [4.69, 9.17) is 0 Å². The van der Waals surface area contributed by atoms with Gasteiger partial charge >= 0.3 is 6.03 Å². The summed E-state index contributed by atoms with van der Waals surface area (Å²) in [5.41, 5.74) is 2.71. The summed E-state index contributed by atoms with van der Waals surface area (Å²) < 4.78 is 0. The van der Waals surface area contributed by atoms with Crippen LogP contribution in [0.25, 0.3) is 0 Å². The fraction of sp³-hybridized carbons (Fsp3) is 0.650. The van der Waals surface area contributed by atoms with Crippen molar-refractivity contribution in [1.29, 1.82) is 0 Å². The molecule has 1 atom stereocenters. The van der Waals surface area contributed by atoms with Crippen LogP contribution in [0, 0.1) is 6.92 Å². The second kappa shape index (κ2) is 8.02. The molecular formula is C20H31N3O. The van der Waals surface area contributed by atoms with Gasteiger partial charge in [-0.25, -0.2) is 4.79 Å². The zero-order valence-corrected chi connectivity index (χ0v) is 15.1. The summed E-state index contributed by atoms with van der Waals surface area (Å²) in [6.07, 6.45) is 5.65. The van der Waals surface area contributed by atoms with Crippen molar-refractivity contribution in [2.24, 2.45) is 0 Å². The Kier molecular flexibility index (Phi) is 5.77. The van der Waals surface area contributed by atoms with Crippen LogP contribution in [-0.2, 0) is 6.54 Å². The maximum Gasteiger partial charge on any atom is 0.317 e. The Morgan fingerprint density at radius 3 is 2.67 bits per heavy atom. The Morgan fingerprint density at radius 1 is 1.17 bits per heavy atom. The summed E-state index contributed by atoms with van der Waals surface area (Å²) in [5.74, 6) is 0. The predicted octanol–water partition coefficient (Wildman–Crippen LogP) is 3.54. The van der Waals surface area contributed by atoms with Gasteiger partial charge in [0, 0.05) is 38.3 Å². The van der Waals surface area contributed by atoms with Crippen molar-refractivity contribution in [3.8, 4) is 0 Å². The number of carbonyl (C=O) groups is 1. The van der Waals surface area contributed by atoms with Gasteiger partial charge in [0.25, 0.3) is 0 Å². The molecule has 1 N–H and O–H groups in total. The molecule has 0 radical (unpaired) electrons. The number of piperidine rings is 2. The van der Waals surface area contributed by atoms with Crippen LogP contribution in [0.1, 0.15) is 50.2 Å². The molecule has 1 unspecified atom stereocenters. The first-order valence-corrected chi connectivity index (χ1v) is 9.47. The average molecular weight is 329 g/mol. The second-order valence-corrected chi connectivity index (χ2v) is 7.53. The standard InChI is InChI=1S/C20H31N3O/c1-16-6-5-8-18(14-16)15-22-12-9-19(10-13-22)21-20(24)23-11-4-3-7-17(23)2/h5-6,8,14,17,19H,3-4,7,9-13,15H2,1-2H3,(H,21,24). The van der Waals surface area contributed by atoms with Gasteiger partial charge in [-0.15, -0.1) is 0 Å². The quantitative estimate of drug-likeness (QED) is 0.920. The molecule has 0 spiro atoms. The number of hydrogen-bond donors (Lipinski definition) is 1. The van der Waals surface area contributed by atoms with Crippen LogP contribution in [0.15, 0.2) is 24.3 Å². The molecule has 1 aromatic rings. The highest BCUT2D eigenvalue weighted by molar-refractivity contribution is 5.75. The smallest absolute Gasteiger partial charge is 0.317 e. The molecule has 0 bridgehead atoms. The van der Waals surface area contributed by atoms with Crippen molar-refractivity contribution in [3.63, 3.8) is 0 Å². The molecule has 2 saturated heterocycles. The summed E-state index contributed by atoms with van der Waals surface area (Å²) in [6.45, 7) is 8.38. The molecule has 4 nitrogen and oxygen atoms in total. The average Bonchev–Trinajstić information content (AvgIpc) is 2.57. The van der Waals surface area contributed by atoms with E-state index in [0.717, 1.165) is 51.9 Å². The van der Waals surface area contributed by atoms with Gasteiger partial charge in [-0.3, -0.25) is 4.90 Å².